The number of aromatic nitrogens is 2. The quantitative estimate of drug-likeness (QED) is 0.225. The van der Waals surface area contributed by atoms with Crippen LogP contribution in [-0.4, -0.2) is 31.3 Å². The number of aliphatic imine (C=N–C) groups is 1. The average molecular weight is 461 g/mol. The van der Waals surface area contributed by atoms with Gasteiger partial charge >= 0.3 is 0 Å². The Bertz CT molecular complexity index is 1340. The Morgan fingerprint density at radius 3 is 2.59 bits per heavy atom. The number of guanidine groups is 1. The van der Waals surface area contributed by atoms with E-state index in [9.17, 15) is 5.11 Å². The van der Waals surface area contributed by atoms with Crippen LogP contribution in [-0.2, 0) is 0 Å². The van der Waals surface area contributed by atoms with Gasteiger partial charge in [-0.05, 0) is 42.3 Å². The van der Waals surface area contributed by atoms with E-state index in [-0.39, 0.29) is 11.1 Å². The first-order valence-electron chi connectivity index (χ1n) is 10.0. The number of hydrazone groups is 1. The highest BCUT2D eigenvalue weighted by molar-refractivity contribution is 8.14. The Hall–Kier alpha value is -3.43. The molecular weight excluding hydrogens is 440 g/mol. The molecule has 2 N–H and O–H groups in total. The summed E-state index contributed by atoms with van der Waals surface area (Å²) >= 11 is 3.06. The Labute approximate surface area is 193 Å². The SMILES string of the molecule is CC1=NN(/C(=N/c2nnc(C)s2)Nc2ccccc2O)C(c2cccc3ccccc23)S1. The zero-order valence-electron chi connectivity index (χ0n) is 17.4. The number of anilines is 1. The molecule has 0 fully saturated rings. The molecule has 0 amide bonds. The summed E-state index contributed by atoms with van der Waals surface area (Å²) in [4.78, 5) is 4.73. The van der Waals surface area contributed by atoms with Crippen LogP contribution in [0, 0.1) is 6.92 Å². The van der Waals surface area contributed by atoms with Gasteiger partial charge in [0.1, 0.15) is 16.1 Å². The Morgan fingerprint density at radius 2 is 1.78 bits per heavy atom. The predicted octanol–water partition coefficient (Wildman–Crippen LogP) is 5.89. The van der Waals surface area contributed by atoms with Crippen LogP contribution < -0.4 is 5.32 Å². The molecule has 0 bridgehead atoms. The lowest BCUT2D eigenvalue weighted by Gasteiger charge is -2.26. The van der Waals surface area contributed by atoms with E-state index in [0.717, 1.165) is 21.0 Å². The van der Waals surface area contributed by atoms with Gasteiger partial charge in [0.05, 0.1) is 10.7 Å². The number of hydrogen-bond acceptors (Lipinski definition) is 7. The molecule has 1 aliphatic heterocycles. The van der Waals surface area contributed by atoms with Crippen LogP contribution >= 0.6 is 23.1 Å². The van der Waals surface area contributed by atoms with Gasteiger partial charge in [-0.2, -0.15) is 10.1 Å². The molecule has 3 aromatic carbocycles. The highest BCUT2D eigenvalue weighted by atomic mass is 32.2. The Morgan fingerprint density at radius 1 is 1.00 bits per heavy atom. The lowest BCUT2D eigenvalue weighted by molar-refractivity contribution is 0.438. The van der Waals surface area contributed by atoms with Crippen molar-refractivity contribution in [3.05, 3.63) is 77.3 Å². The molecule has 2 heterocycles. The van der Waals surface area contributed by atoms with E-state index in [0.29, 0.717) is 16.8 Å². The summed E-state index contributed by atoms with van der Waals surface area (Å²) in [7, 11) is 0. The number of hydrogen-bond donors (Lipinski definition) is 2. The number of aryl methyl sites for hydroxylation is 1. The van der Waals surface area contributed by atoms with E-state index in [1.54, 1.807) is 30.0 Å². The zero-order valence-corrected chi connectivity index (χ0v) is 19.1. The van der Waals surface area contributed by atoms with Crippen molar-refractivity contribution in [1.82, 2.24) is 15.2 Å². The molecule has 1 unspecified atom stereocenters. The lowest BCUT2D eigenvalue weighted by atomic mass is 10.0. The number of phenols is 1. The number of para-hydroxylation sites is 2. The fraction of sp³-hybridized carbons (Fsp3) is 0.130. The van der Waals surface area contributed by atoms with E-state index in [2.05, 4.69) is 45.8 Å². The van der Waals surface area contributed by atoms with Gasteiger partial charge in [-0.25, -0.2) is 5.01 Å². The maximum atomic E-state index is 10.3. The van der Waals surface area contributed by atoms with E-state index >= 15 is 0 Å². The third-order valence-electron chi connectivity index (χ3n) is 4.93. The molecule has 0 radical (unpaired) electrons. The standard InChI is InChI=1S/C23H20N6OS2/c1-14-26-27-23(32-14)25-22(24-19-12-5-6-13-20(19)30)29-21(31-15(2)28-29)18-11-7-9-16-8-3-4-10-17(16)18/h3-13,21,30H,1-2H3,(H,24,25,27). The van der Waals surface area contributed by atoms with Gasteiger partial charge in [0.2, 0.25) is 11.1 Å². The molecule has 1 aliphatic rings. The predicted molar refractivity (Wildman–Crippen MR) is 133 cm³/mol. The first-order valence-corrected chi connectivity index (χ1v) is 11.7. The summed E-state index contributed by atoms with van der Waals surface area (Å²) in [6.07, 6.45) is 0. The minimum atomic E-state index is -0.132. The van der Waals surface area contributed by atoms with Gasteiger partial charge in [-0.1, -0.05) is 77.7 Å². The number of nitrogens with one attached hydrogen (secondary N) is 1. The highest BCUT2D eigenvalue weighted by Gasteiger charge is 2.32. The molecule has 0 aliphatic carbocycles. The summed E-state index contributed by atoms with van der Waals surface area (Å²) in [6, 6.07) is 21.7. The van der Waals surface area contributed by atoms with Gasteiger partial charge in [-0.3, -0.25) is 0 Å². The summed E-state index contributed by atoms with van der Waals surface area (Å²) in [5.41, 5.74) is 1.67. The van der Waals surface area contributed by atoms with Crippen molar-refractivity contribution < 1.29 is 5.11 Å². The number of rotatable bonds is 3. The fourth-order valence-electron chi connectivity index (χ4n) is 3.52. The fourth-order valence-corrected chi connectivity index (χ4v) is 5.11. The zero-order chi connectivity index (χ0) is 22.1. The average Bonchev–Trinajstić information content (AvgIpc) is 3.39. The van der Waals surface area contributed by atoms with E-state index in [1.807, 2.05) is 37.1 Å². The maximum Gasteiger partial charge on any atom is 0.234 e. The largest absolute Gasteiger partial charge is 0.506 e. The van der Waals surface area contributed by atoms with Crippen LogP contribution in [0.4, 0.5) is 10.8 Å². The van der Waals surface area contributed by atoms with E-state index in [1.165, 1.54) is 16.7 Å². The summed E-state index contributed by atoms with van der Waals surface area (Å²) in [5, 5.41) is 32.9. The van der Waals surface area contributed by atoms with E-state index in [4.69, 9.17) is 10.1 Å². The molecule has 9 heteroatoms. The Kier molecular flexibility index (Phi) is 5.50. The number of phenolic OH excluding ortho intramolecular Hbond substituents is 1. The second kappa shape index (κ2) is 8.60. The molecule has 7 nitrogen and oxygen atoms in total. The molecular formula is C23H20N6OS2. The minimum absolute atomic E-state index is 0.128. The molecule has 160 valence electrons. The summed E-state index contributed by atoms with van der Waals surface area (Å²) < 4.78 is 0. The van der Waals surface area contributed by atoms with Crippen LogP contribution in [0.5, 0.6) is 5.75 Å². The third-order valence-corrected chi connectivity index (χ3v) is 6.76. The van der Waals surface area contributed by atoms with Crippen LogP contribution in [0.25, 0.3) is 10.8 Å². The molecule has 1 aromatic heterocycles. The second-order valence-electron chi connectivity index (χ2n) is 7.18. The van der Waals surface area contributed by atoms with Gasteiger partial charge in [0.25, 0.3) is 0 Å². The number of benzene rings is 3. The van der Waals surface area contributed by atoms with Crippen molar-refractivity contribution in [3.8, 4) is 5.75 Å². The van der Waals surface area contributed by atoms with Crippen LogP contribution in [0.15, 0.2) is 76.8 Å². The van der Waals surface area contributed by atoms with Crippen molar-refractivity contribution in [1.29, 1.82) is 0 Å². The third kappa shape index (κ3) is 4.04. The second-order valence-corrected chi connectivity index (χ2v) is 9.62. The van der Waals surface area contributed by atoms with Crippen LogP contribution in [0.1, 0.15) is 22.9 Å². The number of thioether (sulfide) groups is 1. The highest BCUT2D eigenvalue weighted by Crippen LogP contribution is 2.42. The van der Waals surface area contributed by atoms with Crippen molar-refractivity contribution in [2.75, 3.05) is 5.32 Å². The summed E-state index contributed by atoms with van der Waals surface area (Å²) in [6.45, 7) is 3.87. The van der Waals surface area contributed by atoms with Crippen molar-refractivity contribution >= 4 is 55.7 Å². The Balaban J connectivity index is 1.61. The maximum absolute atomic E-state index is 10.3. The lowest BCUT2D eigenvalue weighted by Crippen LogP contribution is -2.32. The smallest absolute Gasteiger partial charge is 0.234 e. The van der Waals surface area contributed by atoms with Gasteiger partial charge in [-0.15, -0.1) is 10.2 Å². The van der Waals surface area contributed by atoms with Crippen LogP contribution in [0.2, 0.25) is 0 Å². The van der Waals surface area contributed by atoms with Crippen molar-refractivity contribution in [3.63, 3.8) is 0 Å². The number of nitrogens with zero attached hydrogens (tertiary/aromatic N) is 5. The minimum Gasteiger partial charge on any atom is -0.506 e. The van der Waals surface area contributed by atoms with Gasteiger partial charge in [0, 0.05) is 0 Å². The number of fused-ring (bicyclic) bond motifs is 1. The van der Waals surface area contributed by atoms with Crippen molar-refractivity contribution in [2.24, 2.45) is 10.1 Å². The van der Waals surface area contributed by atoms with Gasteiger partial charge < -0.3 is 10.4 Å². The molecule has 0 spiro atoms. The van der Waals surface area contributed by atoms with Gasteiger partial charge in [0.15, 0.2) is 0 Å². The molecule has 5 rings (SSSR count). The van der Waals surface area contributed by atoms with Crippen LogP contribution in [0.3, 0.4) is 0 Å². The molecule has 32 heavy (non-hydrogen) atoms. The topological polar surface area (TPSA) is 86.0 Å². The monoisotopic (exact) mass is 460 g/mol. The number of aromatic hydroxyl groups is 1. The molecule has 0 saturated heterocycles. The van der Waals surface area contributed by atoms with Crippen molar-refractivity contribution in [2.45, 2.75) is 19.2 Å². The normalized spacial score (nSPS) is 16.4. The first-order chi connectivity index (χ1) is 15.6. The summed E-state index contributed by atoms with van der Waals surface area (Å²) in [5.74, 6) is 0.591. The van der Waals surface area contributed by atoms with E-state index < -0.39 is 0 Å². The molecule has 4 aromatic rings. The molecule has 0 saturated carbocycles. The first kappa shape index (κ1) is 20.5. The molecule has 1 atom stereocenters.